The number of benzene rings is 2. The standard InChI is InChI=1S/C19H22N2O2S/c1-13-9-10-15(14(2)11-13)19(23)21(3)12-18(22)20-16-7-5-6-8-17(16)24-4/h5-11H,12H2,1-4H3,(H,20,22). The minimum Gasteiger partial charge on any atom is -0.332 e. The molecule has 0 fully saturated rings. The van der Waals surface area contributed by atoms with Gasteiger partial charge in [0.25, 0.3) is 5.91 Å². The van der Waals surface area contributed by atoms with Gasteiger partial charge in [-0.25, -0.2) is 0 Å². The fourth-order valence-corrected chi connectivity index (χ4v) is 3.04. The molecule has 24 heavy (non-hydrogen) atoms. The van der Waals surface area contributed by atoms with Gasteiger partial charge in [-0.05, 0) is 43.9 Å². The molecule has 0 radical (unpaired) electrons. The molecule has 0 saturated carbocycles. The second-order valence-electron chi connectivity index (χ2n) is 5.73. The number of hydrogen-bond donors (Lipinski definition) is 1. The van der Waals surface area contributed by atoms with Crippen LogP contribution in [0.2, 0.25) is 0 Å². The predicted octanol–water partition coefficient (Wildman–Crippen LogP) is 3.74. The minimum absolute atomic E-state index is 0.00879. The first kappa shape index (κ1) is 18.1. The molecule has 0 saturated heterocycles. The van der Waals surface area contributed by atoms with Crippen molar-refractivity contribution >= 4 is 29.3 Å². The van der Waals surface area contributed by atoms with Crippen molar-refractivity contribution in [2.45, 2.75) is 18.7 Å². The van der Waals surface area contributed by atoms with E-state index in [0.717, 1.165) is 21.7 Å². The summed E-state index contributed by atoms with van der Waals surface area (Å²) in [7, 11) is 1.64. The molecule has 2 aromatic carbocycles. The number of amides is 2. The van der Waals surface area contributed by atoms with Crippen LogP contribution in [0.25, 0.3) is 0 Å². The number of para-hydroxylation sites is 1. The van der Waals surface area contributed by atoms with Crippen LogP contribution in [0.3, 0.4) is 0 Å². The molecule has 0 aliphatic carbocycles. The van der Waals surface area contributed by atoms with Gasteiger partial charge in [-0.15, -0.1) is 11.8 Å². The van der Waals surface area contributed by atoms with Crippen molar-refractivity contribution in [1.29, 1.82) is 0 Å². The molecule has 0 aliphatic heterocycles. The normalized spacial score (nSPS) is 10.3. The molecule has 0 spiro atoms. The highest BCUT2D eigenvalue weighted by molar-refractivity contribution is 7.98. The van der Waals surface area contributed by atoms with Crippen molar-refractivity contribution in [2.24, 2.45) is 0 Å². The Morgan fingerprint density at radius 2 is 1.83 bits per heavy atom. The largest absolute Gasteiger partial charge is 0.332 e. The van der Waals surface area contributed by atoms with Gasteiger partial charge in [-0.1, -0.05) is 29.8 Å². The highest BCUT2D eigenvalue weighted by atomic mass is 32.2. The number of thioether (sulfide) groups is 1. The molecule has 2 amide bonds. The summed E-state index contributed by atoms with van der Waals surface area (Å²) >= 11 is 1.57. The summed E-state index contributed by atoms with van der Waals surface area (Å²) in [5.74, 6) is -0.363. The fraction of sp³-hybridized carbons (Fsp3) is 0.263. The second kappa shape index (κ2) is 8.02. The number of rotatable bonds is 5. The van der Waals surface area contributed by atoms with Crippen molar-refractivity contribution in [3.05, 3.63) is 59.2 Å². The molecule has 0 bridgehead atoms. The summed E-state index contributed by atoms with van der Waals surface area (Å²) in [5, 5.41) is 2.87. The average Bonchev–Trinajstić information content (AvgIpc) is 2.54. The van der Waals surface area contributed by atoms with Gasteiger partial charge in [-0.2, -0.15) is 0 Å². The molecule has 126 valence electrons. The van der Waals surface area contributed by atoms with Gasteiger partial charge in [-0.3, -0.25) is 9.59 Å². The molecule has 1 N–H and O–H groups in total. The van der Waals surface area contributed by atoms with Gasteiger partial charge in [0.05, 0.1) is 12.2 Å². The Kier molecular flexibility index (Phi) is 6.04. The van der Waals surface area contributed by atoms with Crippen LogP contribution < -0.4 is 5.32 Å². The lowest BCUT2D eigenvalue weighted by atomic mass is 10.0. The van der Waals surface area contributed by atoms with Crippen molar-refractivity contribution < 1.29 is 9.59 Å². The maximum atomic E-state index is 12.5. The highest BCUT2D eigenvalue weighted by Crippen LogP contribution is 2.24. The van der Waals surface area contributed by atoms with Crippen LogP contribution >= 0.6 is 11.8 Å². The molecular formula is C19H22N2O2S. The Bertz CT molecular complexity index is 759. The van der Waals surface area contributed by atoms with Crippen molar-refractivity contribution in [3.63, 3.8) is 0 Å². The van der Waals surface area contributed by atoms with Crippen LogP contribution in [-0.4, -0.2) is 36.6 Å². The van der Waals surface area contributed by atoms with E-state index in [-0.39, 0.29) is 18.4 Å². The Labute approximate surface area is 147 Å². The summed E-state index contributed by atoms with van der Waals surface area (Å²) in [4.78, 5) is 27.2. The number of nitrogens with one attached hydrogen (secondary N) is 1. The zero-order chi connectivity index (χ0) is 17.7. The Balaban J connectivity index is 2.04. The van der Waals surface area contributed by atoms with E-state index >= 15 is 0 Å². The van der Waals surface area contributed by atoms with Gasteiger partial charge in [0.15, 0.2) is 0 Å². The molecule has 2 rings (SSSR count). The molecule has 0 aliphatic rings. The zero-order valence-electron chi connectivity index (χ0n) is 14.4. The van der Waals surface area contributed by atoms with Gasteiger partial charge in [0.1, 0.15) is 0 Å². The Morgan fingerprint density at radius 3 is 2.50 bits per heavy atom. The number of likely N-dealkylation sites (N-methyl/N-ethyl adjacent to an activating group) is 1. The van der Waals surface area contributed by atoms with E-state index in [0.29, 0.717) is 5.56 Å². The molecule has 0 aromatic heterocycles. The first-order valence-corrected chi connectivity index (χ1v) is 8.90. The second-order valence-corrected chi connectivity index (χ2v) is 6.58. The molecule has 2 aromatic rings. The summed E-state index contributed by atoms with van der Waals surface area (Å²) in [5.41, 5.74) is 3.42. The van der Waals surface area contributed by atoms with E-state index in [1.54, 1.807) is 18.8 Å². The maximum absolute atomic E-state index is 12.5. The predicted molar refractivity (Wildman–Crippen MR) is 99.7 cm³/mol. The number of hydrogen-bond acceptors (Lipinski definition) is 3. The third kappa shape index (κ3) is 4.38. The van der Waals surface area contributed by atoms with Crippen LogP contribution in [0.15, 0.2) is 47.4 Å². The van der Waals surface area contributed by atoms with Gasteiger partial charge < -0.3 is 10.2 Å². The van der Waals surface area contributed by atoms with Gasteiger partial charge in [0.2, 0.25) is 5.91 Å². The van der Waals surface area contributed by atoms with E-state index in [1.165, 1.54) is 4.90 Å². The number of anilines is 1. The third-order valence-corrected chi connectivity index (χ3v) is 4.52. The quantitative estimate of drug-likeness (QED) is 0.842. The summed E-state index contributed by atoms with van der Waals surface area (Å²) in [6, 6.07) is 13.3. The van der Waals surface area contributed by atoms with Crippen LogP contribution in [0.4, 0.5) is 5.69 Å². The van der Waals surface area contributed by atoms with Gasteiger partial charge in [0, 0.05) is 17.5 Å². The summed E-state index contributed by atoms with van der Waals surface area (Å²) in [6.45, 7) is 3.90. The molecule has 0 heterocycles. The fourth-order valence-electron chi connectivity index (χ4n) is 2.48. The lowest BCUT2D eigenvalue weighted by Gasteiger charge is -2.18. The SMILES string of the molecule is CSc1ccccc1NC(=O)CN(C)C(=O)c1ccc(C)cc1C. The number of carbonyl (C=O) groups excluding carboxylic acids is 2. The smallest absolute Gasteiger partial charge is 0.254 e. The molecule has 0 atom stereocenters. The lowest BCUT2D eigenvalue weighted by molar-refractivity contribution is -0.116. The maximum Gasteiger partial charge on any atom is 0.254 e. The van der Waals surface area contributed by atoms with Crippen molar-refractivity contribution in [1.82, 2.24) is 4.90 Å². The number of carbonyl (C=O) groups is 2. The topological polar surface area (TPSA) is 49.4 Å². The Hall–Kier alpha value is -2.27. The molecule has 0 unspecified atom stereocenters. The first-order chi connectivity index (χ1) is 11.4. The number of nitrogens with zero attached hydrogens (tertiary/aromatic N) is 1. The highest BCUT2D eigenvalue weighted by Gasteiger charge is 2.17. The lowest BCUT2D eigenvalue weighted by Crippen LogP contribution is -2.35. The average molecular weight is 342 g/mol. The van der Waals surface area contributed by atoms with Crippen LogP contribution in [0, 0.1) is 13.8 Å². The zero-order valence-corrected chi connectivity index (χ0v) is 15.2. The van der Waals surface area contributed by atoms with E-state index in [4.69, 9.17) is 0 Å². The number of aryl methyl sites for hydroxylation is 2. The molecular weight excluding hydrogens is 320 g/mol. The molecule has 4 nitrogen and oxygen atoms in total. The van der Waals surface area contributed by atoms with Crippen LogP contribution in [0.5, 0.6) is 0 Å². The minimum atomic E-state index is -0.211. The monoisotopic (exact) mass is 342 g/mol. The first-order valence-electron chi connectivity index (χ1n) is 7.68. The summed E-state index contributed by atoms with van der Waals surface area (Å²) < 4.78 is 0. The van der Waals surface area contributed by atoms with Crippen LogP contribution in [0.1, 0.15) is 21.5 Å². The van der Waals surface area contributed by atoms with E-state index in [2.05, 4.69) is 5.32 Å². The van der Waals surface area contributed by atoms with Crippen LogP contribution in [-0.2, 0) is 4.79 Å². The van der Waals surface area contributed by atoms with Crippen molar-refractivity contribution in [2.75, 3.05) is 25.2 Å². The Morgan fingerprint density at radius 1 is 1.12 bits per heavy atom. The van der Waals surface area contributed by atoms with E-state index < -0.39 is 0 Å². The van der Waals surface area contributed by atoms with E-state index in [1.807, 2.05) is 62.6 Å². The van der Waals surface area contributed by atoms with E-state index in [9.17, 15) is 9.59 Å². The third-order valence-electron chi connectivity index (χ3n) is 3.72. The van der Waals surface area contributed by atoms with Crippen molar-refractivity contribution in [3.8, 4) is 0 Å². The molecule has 5 heteroatoms. The summed E-state index contributed by atoms with van der Waals surface area (Å²) in [6.07, 6.45) is 1.96. The van der Waals surface area contributed by atoms with Gasteiger partial charge >= 0.3 is 0 Å².